The number of ether oxygens (including phenoxy) is 1. The Morgan fingerprint density at radius 2 is 2.00 bits per heavy atom. The van der Waals surface area contributed by atoms with Crippen LogP contribution in [0.15, 0.2) is 42.5 Å². The van der Waals surface area contributed by atoms with Gasteiger partial charge in [-0.2, -0.15) is 0 Å². The van der Waals surface area contributed by atoms with Crippen molar-refractivity contribution in [3.8, 4) is 5.75 Å². The number of carbonyl (C=O) groups excluding carboxylic acids is 1. The maximum Gasteiger partial charge on any atom is 0.410 e. The Morgan fingerprint density at radius 3 is 2.77 bits per heavy atom. The Labute approximate surface area is 180 Å². The molecule has 31 heavy (non-hydrogen) atoms. The van der Waals surface area contributed by atoms with E-state index in [1.165, 1.54) is 6.07 Å². The fraction of sp³-hybridized carbons (Fsp3) is 0.480. The smallest absolute Gasteiger partial charge is 0.410 e. The second kappa shape index (κ2) is 7.81. The zero-order valence-electron chi connectivity index (χ0n) is 17.4. The number of fused-ring (bicyclic) bond motifs is 1. The first kappa shape index (κ1) is 20.3. The van der Waals surface area contributed by atoms with Gasteiger partial charge in [-0.1, -0.05) is 43.2 Å². The molecule has 1 saturated carbocycles. The minimum absolute atomic E-state index is 0.0557. The average Bonchev–Trinajstić information content (AvgIpc) is 2.78. The van der Waals surface area contributed by atoms with E-state index in [0.29, 0.717) is 13.0 Å². The first-order valence-electron chi connectivity index (χ1n) is 11.1. The summed E-state index contributed by atoms with van der Waals surface area (Å²) in [6.07, 6.45) is 2.41. The van der Waals surface area contributed by atoms with E-state index >= 15 is 0 Å². The molecule has 5 rings (SSSR count). The van der Waals surface area contributed by atoms with E-state index in [0.717, 1.165) is 48.8 Å². The highest BCUT2D eigenvalue weighted by molar-refractivity contribution is 5.69. The molecule has 164 valence electrons. The van der Waals surface area contributed by atoms with Crippen molar-refractivity contribution in [1.82, 2.24) is 4.90 Å². The topological polar surface area (TPSA) is 49.8 Å². The Bertz CT molecular complexity index is 980. The molecule has 1 heterocycles. The summed E-state index contributed by atoms with van der Waals surface area (Å²) < 4.78 is 32.5. The molecular weight excluding hydrogens is 400 g/mol. The van der Waals surface area contributed by atoms with Gasteiger partial charge in [-0.15, -0.1) is 0 Å². The summed E-state index contributed by atoms with van der Waals surface area (Å²) in [4.78, 5) is 14.9. The summed E-state index contributed by atoms with van der Waals surface area (Å²) in [7, 11) is 0. The molecule has 0 aromatic heterocycles. The van der Waals surface area contributed by atoms with Gasteiger partial charge in [0, 0.05) is 18.0 Å². The molecule has 1 saturated heterocycles. The van der Waals surface area contributed by atoms with Gasteiger partial charge >= 0.3 is 6.09 Å². The lowest BCUT2D eigenvalue weighted by molar-refractivity contribution is -0.0138. The van der Waals surface area contributed by atoms with E-state index in [4.69, 9.17) is 4.74 Å². The van der Waals surface area contributed by atoms with Crippen molar-refractivity contribution in [3.05, 3.63) is 64.7 Å². The number of benzene rings is 2. The molecule has 3 aliphatic rings. The third-order valence-electron chi connectivity index (χ3n) is 7.65. The van der Waals surface area contributed by atoms with E-state index in [9.17, 15) is 18.7 Å². The molecule has 2 bridgehead atoms. The lowest BCUT2D eigenvalue weighted by atomic mass is 9.52. The predicted octanol–water partition coefficient (Wildman–Crippen LogP) is 5.73. The Kier molecular flexibility index (Phi) is 5.11. The summed E-state index contributed by atoms with van der Waals surface area (Å²) in [6.45, 7) is 0.810. The second-order valence-electron chi connectivity index (χ2n) is 9.13. The van der Waals surface area contributed by atoms with Gasteiger partial charge in [0.25, 0.3) is 6.43 Å². The first-order valence-corrected chi connectivity index (χ1v) is 11.1. The van der Waals surface area contributed by atoms with E-state index < -0.39 is 6.43 Å². The molecule has 0 unspecified atom stereocenters. The van der Waals surface area contributed by atoms with Crippen LogP contribution in [-0.2, 0) is 23.2 Å². The lowest BCUT2D eigenvalue weighted by Crippen LogP contribution is -2.62. The van der Waals surface area contributed by atoms with Crippen LogP contribution in [0.25, 0.3) is 0 Å². The van der Waals surface area contributed by atoms with Crippen LogP contribution in [0.2, 0.25) is 0 Å². The molecular formula is C25H27F2NO3. The van der Waals surface area contributed by atoms with Crippen molar-refractivity contribution in [2.45, 2.75) is 63.0 Å². The molecule has 2 aromatic carbocycles. The van der Waals surface area contributed by atoms with Crippen molar-refractivity contribution in [1.29, 1.82) is 0 Å². The van der Waals surface area contributed by atoms with Crippen molar-refractivity contribution in [2.75, 3.05) is 6.54 Å². The van der Waals surface area contributed by atoms with E-state index in [2.05, 4.69) is 0 Å². The third kappa shape index (κ3) is 3.36. The monoisotopic (exact) mass is 427 g/mol. The zero-order chi connectivity index (χ0) is 21.6. The lowest BCUT2D eigenvalue weighted by Gasteiger charge is -2.58. The zero-order valence-corrected chi connectivity index (χ0v) is 17.4. The number of piperidine rings is 1. The molecule has 2 aliphatic carbocycles. The molecule has 1 aliphatic heterocycles. The van der Waals surface area contributed by atoms with Gasteiger partial charge < -0.3 is 14.7 Å². The minimum atomic E-state index is -2.72. The van der Waals surface area contributed by atoms with E-state index in [-0.39, 0.29) is 41.4 Å². The summed E-state index contributed by atoms with van der Waals surface area (Å²) in [5.74, 6) is -0.0424. The SMILES string of the molecule is O=C(OCc1ccccc1)N1CC[C@@]23CCCC[C@@H]2[C@@H]1Cc1cc(C(F)F)c(O)cc13. The highest BCUT2D eigenvalue weighted by Gasteiger charge is 2.55. The van der Waals surface area contributed by atoms with Gasteiger partial charge in [-0.3, -0.25) is 0 Å². The molecule has 4 nitrogen and oxygen atoms in total. The summed E-state index contributed by atoms with van der Waals surface area (Å²) in [6, 6.07) is 12.6. The number of hydrogen-bond donors (Lipinski definition) is 1. The highest BCUT2D eigenvalue weighted by Crippen LogP contribution is 2.56. The number of amides is 1. The highest BCUT2D eigenvalue weighted by atomic mass is 19.3. The standard InChI is InChI=1S/C25H27F2NO3/c26-23(27)18-12-17-13-21-19-8-4-5-9-25(19,20(17)14-22(18)29)10-11-28(21)24(30)31-15-16-6-2-1-3-7-16/h1-3,6-7,12,14,19,21,23,29H,4-5,8-11,13,15H2/t19-,21+,25+/m1/s1. The molecule has 0 radical (unpaired) electrons. The van der Waals surface area contributed by atoms with E-state index in [1.54, 1.807) is 6.07 Å². The van der Waals surface area contributed by atoms with Gasteiger partial charge in [0.05, 0.1) is 5.56 Å². The number of carbonyl (C=O) groups is 1. The van der Waals surface area contributed by atoms with Crippen molar-refractivity contribution < 1.29 is 23.4 Å². The normalized spacial score (nSPS) is 26.9. The number of likely N-dealkylation sites (tertiary alicyclic amines) is 1. The van der Waals surface area contributed by atoms with Crippen LogP contribution in [-0.4, -0.2) is 28.7 Å². The largest absolute Gasteiger partial charge is 0.507 e. The number of hydrogen-bond acceptors (Lipinski definition) is 3. The van der Waals surface area contributed by atoms with Crippen LogP contribution < -0.4 is 0 Å². The number of aromatic hydroxyl groups is 1. The number of halogens is 2. The van der Waals surface area contributed by atoms with Crippen LogP contribution >= 0.6 is 0 Å². The second-order valence-corrected chi connectivity index (χ2v) is 9.13. The van der Waals surface area contributed by atoms with Gasteiger partial charge in [0.1, 0.15) is 12.4 Å². The molecule has 1 amide bonds. The van der Waals surface area contributed by atoms with E-state index in [1.807, 2.05) is 35.2 Å². The molecule has 6 heteroatoms. The van der Waals surface area contributed by atoms with Crippen LogP contribution in [0.3, 0.4) is 0 Å². The third-order valence-corrected chi connectivity index (χ3v) is 7.65. The molecule has 2 fully saturated rings. The number of alkyl halides is 2. The molecule has 2 aromatic rings. The van der Waals surface area contributed by atoms with Gasteiger partial charge in [0.2, 0.25) is 0 Å². The van der Waals surface area contributed by atoms with Gasteiger partial charge in [-0.25, -0.2) is 13.6 Å². The maximum absolute atomic E-state index is 13.4. The minimum Gasteiger partial charge on any atom is -0.507 e. The Balaban J connectivity index is 1.46. The summed E-state index contributed by atoms with van der Waals surface area (Å²) in [5, 5.41) is 10.3. The van der Waals surface area contributed by atoms with Crippen LogP contribution in [0.1, 0.15) is 60.8 Å². The predicted molar refractivity (Wildman–Crippen MR) is 112 cm³/mol. The average molecular weight is 427 g/mol. The van der Waals surface area contributed by atoms with Crippen LogP contribution in [0, 0.1) is 5.92 Å². The Morgan fingerprint density at radius 1 is 1.19 bits per heavy atom. The van der Waals surface area contributed by atoms with Gasteiger partial charge in [-0.05, 0) is 60.4 Å². The maximum atomic E-state index is 13.4. The number of nitrogens with zero attached hydrogens (tertiary/aromatic N) is 1. The number of phenolic OH excluding ortho intramolecular Hbond substituents is 1. The van der Waals surface area contributed by atoms with Crippen molar-refractivity contribution in [3.63, 3.8) is 0 Å². The fourth-order valence-electron chi connectivity index (χ4n) is 6.28. The quantitative estimate of drug-likeness (QED) is 0.681. The fourth-order valence-corrected chi connectivity index (χ4v) is 6.28. The number of phenols is 1. The van der Waals surface area contributed by atoms with Crippen LogP contribution in [0.4, 0.5) is 13.6 Å². The summed E-state index contributed by atoms with van der Waals surface area (Å²) in [5.41, 5.74) is 2.33. The van der Waals surface area contributed by atoms with Crippen LogP contribution in [0.5, 0.6) is 5.75 Å². The Hall–Kier alpha value is -2.63. The van der Waals surface area contributed by atoms with Gasteiger partial charge in [0.15, 0.2) is 0 Å². The first-order chi connectivity index (χ1) is 15.0. The molecule has 0 spiro atoms. The molecule has 3 atom stereocenters. The molecule has 1 N–H and O–H groups in total. The summed E-state index contributed by atoms with van der Waals surface area (Å²) >= 11 is 0. The van der Waals surface area contributed by atoms with Crippen molar-refractivity contribution >= 4 is 6.09 Å². The number of rotatable bonds is 3. The van der Waals surface area contributed by atoms with Crippen molar-refractivity contribution in [2.24, 2.45) is 5.92 Å².